The average Bonchev–Trinajstić information content (AvgIpc) is 2.37. The van der Waals surface area contributed by atoms with Gasteiger partial charge in [0.2, 0.25) is 11.8 Å². The molecular formula is C14H20FN3O2. The Hall–Kier alpha value is -2.11. The zero-order valence-electron chi connectivity index (χ0n) is 11.7. The number of halogens is 1. The highest BCUT2D eigenvalue weighted by Crippen LogP contribution is 2.15. The lowest BCUT2D eigenvalue weighted by atomic mass is 10.2. The van der Waals surface area contributed by atoms with Crippen LogP contribution in [-0.4, -0.2) is 30.9 Å². The van der Waals surface area contributed by atoms with Crippen LogP contribution in [-0.2, 0) is 9.59 Å². The number of benzene rings is 1. The predicted molar refractivity (Wildman–Crippen MR) is 75.7 cm³/mol. The zero-order chi connectivity index (χ0) is 15.1. The second-order valence-corrected chi connectivity index (χ2v) is 4.58. The van der Waals surface area contributed by atoms with Gasteiger partial charge in [-0.25, -0.2) is 4.39 Å². The number of nitrogens with one attached hydrogen (secondary N) is 1. The maximum absolute atomic E-state index is 12.9. The Balaban J connectivity index is 2.86. The van der Waals surface area contributed by atoms with E-state index >= 15 is 0 Å². The van der Waals surface area contributed by atoms with Gasteiger partial charge in [-0.15, -0.1) is 0 Å². The highest BCUT2D eigenvalue weighted by molar-refractivity contribution is 5.86. The second kappa shape index (κ2) is 7.47. The molecule has 1 rings (SSSR count). The Kier molecular flexibility index (Phi) is 5.96. The molecule has 1 atom stereocenters. The fourth-order valence-corrected chi connectivity index (χ4v) is 1.92. The van der Waals surface area contributed by atoms with Gasteiger partial charge in [-0.3, -0.25) is 9.59 Å². The number of nitrogens with zero attached hydrogens (tertiary/aromatic N) is 1. The first kappa shape index (κ1) is 15.9. The van der Waals surface area contributed by atoms with Crippen LogP contribution in [0.3, 0.4) is 0 Å². The molecule has 0 radical (unpaired) electrons. The number of carbonyl (C=O) groups excluding carboxylic acids is 2. The number of hydrogen-bond donors (Lipinski definition) is 2. The van der Waals surface area contributed by atoms with Crippen LogP contribution in [0.4, 0.5) is 10.1 Å². The summed E-state index contributed by atoms with van der Waals surface area (Å²) < 4.78 is 12.9. The predicted octanol–water partition coefficient (Wildman–Crippen LogP) is 1.03. The Morgan fingerprint density at radius 2 is 1.95 bits per heavy atom. The Labute approximate surface area is 117 Å². The molecule has 110 valence electrons. The summed E-state index contributed by atoms with van der Waals surface area (Å²) in [5.41, 5.74) is 6.07. The van der Waals surface area contributed by atoms with Crippen molar-refractivity contribution in [2.45, 2.75) is 26.3 Å². The molecule has 1 aromatic carbocycles. The smallest absolute Gasteiger partial charge is 0.241 e. The number of nitrogens with two attached hydrogens (primary N) is 1. The van der Waals surface area contributed by atoms with Crippen molar-refractivity contribution in [2.24, 2.45) is 5.73 Å². The van der Waals surface area contributed by atoms with Crippen molar-refractivity contribution in [3.63, 3.8) is 0 Å². The Bertz CT molecular complexity index is 462. The van der Waals surface area contributed by atoms with E-state index in [1.807, 2.05) is 11.8 Å². The first-order valence-corrected chi connectivity index (χ1v) is 6.51. The molecule has 6 heteroatoms. The average molecular weight is 281 g/mol. The van der Waals surface area contributed by atoms with Crippen molar-refractivity contribution in [1.82, 2.24) is 5.32 Å². The van der Waals surface area contributed by atoms with E-state index in [1.54, 1.807) is 12.1 Å². The zero-order valence-corrected chi connectivity index (χ0v) is 11.7. The lowest BCUT2D eigenvalue weighted by molar-refractivity contribution is -0.126. The van der Waals surface area contributed by atoms with Gasteiger partial charge in [-0.2, -0.15) is 0 Å². The van der Waals surface area contributed by atoms with E-state index in [0.29, 0.717) is 6.54 Å². The molecule has 2 amide bonds. The second-order valence-electron chi connectivity index (χ2n) is 4.58. The fourth-order valence-electron chi connectivity index (χ4n) is 1.92. The largest absolute Gasteiger partial charge is 0.369 e. The molecule has 5 nitrogen and oxygen atoms in total. The first-order chi connectivity index (χ1) is 9.43. The van der Waals surface area contributed by atoms with Gasteiger partial charge in [0.15, 0.2) is 0 Å². The molecule has 20 heavy (non-hydrogen) atoms. The molecule has 0 aliphatic heterocycles. The van der Waals surface area contributed by atoms with Crippen LogP contribution in [0.1, 0.15) is 20.3 Å². The minimum Gasteiger partial charge on any atom is -0.369 e. The van der Waals surface area contributed by atoms with Crippen LogP contribution in [0.2, 0.25) is 0 Å². The van der Waals surface area contributed by atoms with Gasteiger partial charge in [0.25, 0.3) is 0 Å². The van der Waals surface area contributed by atoms with Crippen molar-refractivity contribution >= 4 is 17.5 Å². The molecule has 0 spiro atoms. The van der Waals surface area contributed by atoms with Gasteiger partial charge in [0.1, 0.15) is 11.9 Å². The number of anilines is 1. The fraction of sp³-hybridized carbons (Fsp3) is 0.429. The normalized spacial score (nSPS) is 11.8. The summed E-state index contributed by atoms with van der Waals surface area (Å²) in [6.07, 6.45) is 0.850. The number of amides is 2. The molecule has 0 saturated heterocycles. The molecule has 3 N–H and O–H groups in total. The first-order valence-electron chi connectivity index (χ1n) is 6.51. The van der Waals surface area contributed by atoms with Crippen LogP contribution >= 0.6 is 0 Å². The summed E-state index contributed by atoms with van der Waals surface area (Å²) in [7, 11) is 0. The van der Waals surface area contributed by atoms with Crippen molar-refractivity contribution in [3.8, 4) is 0 Å². The van der Waals surface area contributed by atoms with E-state index in [4.69, 9.17) is 5.73 Å². The van der Waals surface area contributed by atoms with Gasteiger partial charge in [-0.1, -0.05) is 6.92 Å². The summed E-state index contributed by atoms with van der Waals surface area (Å²) in [6.45, 7) is 4.26. The van der Waals surface area contributed by atoms with Crippen LogP contribution in [0.25, 0.3) is 0 Å². The molecule has 0 bridgehead atoms. The van der Waals surface area contributed by atoms with Crippen LogP contribution in [0.15, 0.2) is 24.3 Å². The van der Waals surface area contributed by atoms with E-state index in [0.717, 1.165) is 12.1 Å². The lowest BCUT2D eigenvalue weighted by Gasteiger charge is -2.28. The maximum atomic E-state index is 12.9. The minimum absolute atomic E-state index is 0.258. The van der Waals surface area contributed by atoms with Crippen molar-refractivity contribution < 1.29 is 14.0 Å². The lowest BCUT2D eigenvalue weighted by Crippen LogP contribution is -2.51. The highest BCUT2D eigenvalue weighted by atomic mass is 19.1. The van der Waals surface area contributed by atoms with Gasteiger partial charge in [-0.05, 0) is 30.7 Å². The van der Waals surface area contributed by atoms with E-state index in [1.165, 1.54) is 19.1 Å². The summed E-state index contributed by atoms with van der Waals surface area (Å²) in [4.78, 5) is 24.4. The van der Waals surface area contributed by atoms with Crippen molar-refractivity contribution in [2.75, 3.05) is 18.0 Å². The molecule has 0 unspecified atom stereocenters. The van der Waals surface area contributed by atoms with E-state index in [2.05, 4.69) is 5.32 Å². The molecule has 0 aliphatic carbocycles. The molecule has 0 fully saturated rings. The standard InChI is InChI=1S/C14H20FN3O2/c1-3-8-18(12-6-4-11(15)5-7-12)9-13(14(16)20)17-10(2)19/h4-7,13H,3,8-9H2,1-2H3,(H2,16,20)(H,17,19)/t13-/m1/s1. The topological polar surface area (TPSA) is 75.4 Å². The number of primary amides is 1. The molecule has 0 saturated carbocycles. The molecule has 0 aliphatic rings. The van der Waals surface area contributed by atoms with E-state index in [-0.39, 0.29) is 18.3 Å². The molecular weight excluding hydrogens is 261 g/mol. The van der Waals surface area contributed by atoms with Crippen LogP contribution in [0, 0.1) is 5.82 Å². The monoisotopic (exact) mass is 281 g/mol. The minimum atomic E-state index is -0.774. The third-order valence-corrected chi connectivity index (χ3v) is 2.81. The Morgan fingerprint density at radius 3 is 2.40 bits per heavy atom. The number of carbonyl (C=O) groups is 2. The summed E-state index contributed by atoms with van der Waals surface area (Å²) in [5.74, 6) is -1.23. The SMILES string of the molecule is CCCN(C[C@@H](NC(C)=O)C(N)=O)c1ccc(F)cc1. The van der Waals surface area contributed by atoms with Gasteiger partial charge >= 0.3 is 0 Å². The van der Waals surface area contributed by atoms with Gasteiger partial charge < -0.3 is 16.0 Å². The quantitative estimate of drug-likeness (QED) is 0.784. The summed E-state index contributed by atoms with van der Waals surface area (Å²) in [6, 6.07) is 5.21. The number of hydrogen-bond acceptors (Lipinski definition) is 3. The van der Waals surface area contributed by atoms with Gasteiger partial charge in [0, 0.05) is 25.7 Å². The highest BCUT2D eigenvalue weighted by Gasteiger charge is 2.20. The molecule has 0 aromatic heterocycles. The van der Waals surface area contributed by atoms with Crippen molar-refractivity contribution in [3.05, 3.63) is 30.1 Å². The van der Waals surface area contributed by atoms with E-state index in [9.17, 15) is 14.0 Å². The summed E-state index contributed by atoms with van der Waals surface area (Å²) >= 11 is 0. The third-order valence-electron chi connectivity index (χ3n) is 2.81. The maximum Gasteiger partial charge on any atom is 0.241 e. The third kappa shape index (κ3) is 4.87. The number of rotatable bonds is 7. The van der Waals surface area contributed by atoms with E-state index < -0.39 is 11.9 Å². The van der Waals surface area contributed by atoms with Crippen LogP contribution in [0.5, 0.6) is 0 Å². The Morgan fingerprint density at radius 1 is 1.35 bits per heavy atom. The van der Waals surface area contributed by atoms with Crippen LogP contribution < -0.4 is 16.0 Å². The molecule has 0 heterocycles. The van der Waals surface area contributed by atoms with Crippen molar-refractivity contribution in [1.29, 1.82) is 0 Å². The van der Waals surface area contributed by atoms with Gasteiger partial charge in [0.05, 0.1) is 0 Å². The molecule has 1 aromatic rings. The summed E-state index contributed by atoms with van der Waals surface area (Å²) in [5, 5.41) is 2.52.